The summed E-state index contributed by atoms with van der Waals surface area (Å²) >= 11 is 5.84. The molecule has 2 heteroatoms. The van der Waals surface area contributed by atoms with Crippen molar-refractivity contribution in [1.82, 2.24) is 0 Å². The van der Waals surface area contributed by atoms with E-state index in [-0.39, 0.29) is 0 Å². The van der Waals surface area contributed by atoms with E-state index in [2.05, 4.69) is 19.1 Å². The molecule has 0 saturated heterocycles. The first-order valence-corrected chi connectivity index (χ1v) is 6.68. The molecule has 0 aliphatic rings. The average molecular weight is 261 g/mol. The zero-order valence-electron chi connectivity index (χ0n) is 10.7. The fourth-order valence-corrected chi connectivity index (χ4v) is 2.11. The Morgan fingerprint density at radius 1 is 1.00 bits per heavy atom. The molecule has 0 aliphatic heterocycles. The van der Waals surface area contributed by atoms with Crippen LogP contribution >= 0.6 is 11.6 Å². The molecule has 1 nitrogen and oxygen atoms in total. The molecule has 0 bridgehead atoms. The van der Waals surface area contributed by atoms with Gasteiger partial charge in [0, 0.05) is 5.88 Å². The van der Waals surface area contributed by atoms with Crippen LogP contribution in [0.2, 0.25) is 0 Å². The predicted octanol–water partition coefficient (Wildman–Crippen LogP) is 5.09. The van der Waals surface area contributed by atoms with Crippen LogP contribution in [0.1, 0.15) is 23.6 Å². The van der Waals surface area contributed by atoms with Crippen molar-refractivity contribution in [3.05, 3.63) is 59.2 Å². The minimum atomic E-state index is 0.539. The molecule has 0 radical (unpaired) electrons. The largest absolute Gasteiger partial charge is 0.457 e. The third-order valence-electron chi connectivity index (χ3n) is 3.03. The molecule has 0 fully saturated rings. The van der Waals surface area contributed by atoms with Crippen LogP contribution in [0.25, 0.3) is 0 Å². The fourth-order valence-electron chi connectivity index (χ4n) is 1.81. The van der Waals surface area contributed by atoms with Crippen molar-refractivity contribution >= 4 is 11.6 Å². The number of hydrogen-bond donors (Lipinski definition) is 0. The van der Waals surface area contributed by atoms with Gasteiger partial charge in [0.2, 0.25) is 0 Å². The van der Waals surface area contributed by atoms with Gasteiger partial charge in [-0.15, -0.1) is 11.6 Å². The molecule has 2 aromatic rings. The number of rotatable bonds is 4. The predicted molar refractivity (Wildman–Crippen MR) is 76.6 cm³/mol. The van der Waals surface area contributed by atoms with Crippen LogP contribution in [0.4, 0.5) is 0 Å². The van der Waals surface area contributed by atoms with E-state index in [4.69, 9.17) is 16.3 Å². The standard InChI is InChI=1S/C16H17ClO/c1-3-13-4-7-15(8-5-13)18-16-9-6-14(11-17)12(2)10-16/h4-10H,3,11H2,1-2H3. The van der Waals surface area contributed by atoms with Crippen LogP contribution in [0.3, 0.4) is 0 Å². The van der Waals surface area contributed by atoms with Crippen molar-refractivity contribution in [1.29, 1.82) is 0 Å². The normalized spacial score (nSPS) is 10.4. The first kappa shape index (κ1) is 13.0. The lowest BCUT2D eigenvalue weighted by Gasteiger charge is -2.09. The van der Waals surface area contributed by atoms with Gasteiger partial charge in [-0.3, -0.25) is 0 Å². The van der Waals surface area contributed by atoms with E-state index in [1.807, 2.05) is 37.3 Å². The molecule has 0 amide bonds. The lowest BCUT2D eigenvalue weighted by Crippen LogP contribution is -1.89. The number of hydrogen-bond acceptors (Lipinski definition) is 1. The summed E-state index contributed by atoms with van der Waals surface area (Å²) in [4.78, 5) is 0. The number of benzene rings is 2. The first-order valence-electron chi connectivity index (χ1n) is 6.15. The maximum atomic E-state index is 5.84. The van der Waals surface area contributed by atoms with Gasteiger partial charge in [0.1, 0.15) is 11.5 Å². The van der Waals surface area contributed by atoms with E-state index >= 15 is 0 Å². The fraction of sp³-hybridized carbons (Fsp3) is 0.250. The van der Waals surface area contributed by atoms with Crippen LogP contribution < -0.4 is 4.74 Å². The summed E-state index contributed by atoms with van der Waals surface area (Å²) in [7, 11) is 0. The summed E-state index contributed by atoms with van der Waals surface area (Å²) in [5.41, 5.74) is 3.62. The van der Waals surface area contributed by atoms with Crippen LogP contribution in [0.5, 0.6) is 11.5 Å². The van der Waals surface area contributed by atoms with Gasteiger partial charge in [-0.1, -0.05) is 25.1 Å². The van der Waals surface area contributed by atoms with E-state index in [0.717, 1.165) is 29.0 Å². The second-order valence-electron chi connectivity index (χ2n) is 4.32. The molecule has 0 N–H and O–H groups in total. The van der Waals surface area contributed by atoms with Gasteiger partial charge in [0.05, 0.1) is 0 Å². The summed E-state index contributed by atoms with van der Waals surface area (Å²) in [6.07, 6.45) is 1.05. The molecular formula is C16H17ClO. The van der Waals surface area contributed by atoms with Gasteiger partial charge >= 0.3 is 0 Å². The third kappa shape index (κ3) is 3.05. The maximum absolute atomic E-state index is 5.84. The van der Waals surface area contributed by atoms with E-state index in [0.29, 0.717) is 5.88 Å². The molecule has 0 saturated carbocycles. The van der Waals surface area contributed by atoms with Gasteiger partial charge in [-0.25, -0.2) is 0 Å². The Morgan fingerprint density at radius 2 is 1.67 bits per heavy atom. The van der Waals surface area contributed by atoms with E-state index < -0.39 is 0 Å². The quantitative estimate of drug-likeness (QED) is 0.696. The molecule has 94 valence electrons. The SMILES string of the molecule is CCc1ccc(Oc2ccc(CCl)c(C)c2)cc1. The summed E-state index contributed by atoms with van der Waals surface area (Å²) in [6.45, 7) is 4.19. The van der Waals surface area contributed by atoms with Gasteiger partial charge in [-0.2, -0.15) is 0 Å². The summed E-state index contributed by atoms with van der Waals surface area (Å²) in [5, 5.41) is 0. The molecule has 2 aromatic carbocycles. The minimum absolute atomic E-state index is 0.539. The number of ether oxygens (including phenoxy) is 1. The zero-order chi connectivity index (χ0) is 13.0. The van der Waals surface area contributed by atoms with E-state index in [1.54, 1.807) is 0 Å². The Kier molecular flexibility index (Phi) is 4.27. The number of alkyl halides is 1. The molecule has 2 rings (SSSR count). The summed E-state index contributed by atoms with van der Waals surface area (Å²) < 4.78 is 5.82. The highest BCUT2D eigenvalue weighted by atomic mass is 35.5. The summed E-state index contributed by atoms with van der Waals surface area (Å²) in [6, 6.07) is 14.2. The van der Waals surface area contributed by atoms with Crippen molar-refractivity contribution < 1.29 is 4.74 Å². The molecule has 0 heterocycles. The van der Waals surface area contributed by atoms with Crippen molar-refractivity contribution in [2.45, 2.75) is 26.1 Å². The molecule has 0 aromatic heterocycles. The van der Waals surface area contributed by atoms with Gasteiger partial charge in [0.25, 0.3) is 0 Å². The lowest BCUT2D eigenvalue weighted by molar-refractivity contribution is 0.482. The maximum Gasteiger partial charge on any atom is 0.127 e. The van der Waals surface area contributed by atoms with Crippen molar-refractivity contribution in [2.75, 3.05) is 0 Å². The molecule has 0 atom stereocenters. The molecular weight excluding hydrogens is 244 g/mol. The van der Waals surface area contributed by atoms with Crippen LogP contribution in [0.15, 0.2) is 42.5 Å². The number of halogens is 1. The highest BCUT2D eigenvalue weighted by molar-refractivity contribution is 6.17. The highest BCUT2D eigenvalue weighted by Crippen LogP contribution is 2.24. The van der Waals surface area contributed by atoms with Crippen molar-refractivity contribution in [3.8, 4) is 11.5 Å². The topological polar surface area (TPSA) is 9.23 Å². The van der Waals surface area contributed by atoms with E-state index in [9.17, 15) is 0 Å². The van der Waals surface area contributed by atoms with Gasteiger partial charge < -0.3 is 4.74 Å². The molecule has 0 spiro atoms. The van der Waals surface area contributed by atoms with Crippen LogP contribution in [-0.2, 0) is 12.3 Å². The Balaban J connectivity index is 2.15. The Morgan fingerprint density at radius 3 is 2.22 bits per heavy atom. The highest BCUT2D eigenvalue weighted by Gasteiger charge is 2.01. The Labute approximate surface area is 113 Å². The third-order valence-corrected chi connectivity index (χ3v) is 3.31. The average Bonchev–Trinajstić information content (AvgIpc) is 2.40. The molecule has 0 aliphatic carbocycles. The van der Waals surface area contributed by atoms with Gasteiger partial charge in [-0.05, 0) is 54.3 Å². The van der Waals surface area contributed by atoms with E-state index in [1.165, 1.54) is 5.56 Å². The monoisotopic (exact) mass is 260 g/mol. The molecule has 0 unspecified atom stereocenters. The Hall–Kier alpha value is -1.47. The van der Waals surface area contributed by atoms with Gasteiger partial charge in [0.15, 0.2) is 0 Å². The Bertz CT molecular complexity index is 517. The lowest BCUT2D eigenvalue weighted by atomic mass is 10.1. The van der Waals surface area contributed by atoms with Crippen LogP contribution in [0, 0.1) is 6.92 Å². The molecule has 18 heavy (non-hydrogen) atoms. The minimum Gasteiger partial charge on any atom is -0.457 e. The smallest absolute Gasteiger partial charge is 0.127 e. The number of aryl methyl sites for hydroxylation is 2. The van der Waals surface area contributed by atoms with Crippen LogP contribution in [-0.4, -0.2) is 0 Å². The second-order valence-corrected chi connectivity index (χ2v) is 4.59. The summed E-state index contributed by atoms with van der Waals surface area (Å²) in [5.74, 6) is 2.26. The zero-order valence-corrected chi connectivity index (χ0v) is 11.5. The second kappa shape index (κ2) is 5.92. The van der Waals surface area contributed by atoms with Crippen molar-refractivity contribution in [2.24, 2.45) is 0 Å². The van der Waals surface area contributed by atoms with Crippen molar-refractivity contribution in [3.63, 3.8) is 0 Å². The first-order chi connectivity index (χ1) is 8.72.